The number of nitrogens with two attached hydrogens (primary N) is 1. The molecule has 0 aliphatic carbocycles. The van der Waals surface area contributed by atoms with E-state index >= 15 is 0 Å². The Labute approximate surface area is 111 Å². The van der Waals surface area contributed by atoms with E-state index in [2.05, 4.69) is 48.9 Å². The van der Waals surface area contributed by atoms with Gasteiger partial charge in [0.05, 0.1) is 0 Å². The molecule has 0 amide bonds. The van der Waals surface area contributed by atoms with Crippen molar-refractivity contribution in [1.82, 2.24) is 4.90 Å². The summed E-state index contributed by atoms with van der Waals surface area (Å²) in [6.45, 7) is 8.39. The zero-order valence-electron chi connectivity index (χ0n) is 11.8. The van der Waals surface area contributed by atoms with Crippen LogP contribution < -0.4 is 10.6 Å². The highest BCUT2D eigenvalue weighted by Gasteiger charge is 2.21. The molecular weight excluding hydrogens is 222 g/mol. The highest BCUT2D eigenvalue weighted by molar-refractivity contribution is 5.51. The minimum Gasteiger partial charge on any atom is -0.370 e. The van der Waals surface area contributed by atoms with E-state index in [0.29, 0.717) is 6.04 Å². The standard InChI is InChI=1S/C15H25N3/c1-12-5-6-14(9-13(12)2)18-8-4-7-17(3)15(10-16)11-18/h5-6,9,15H,4,7-8,10-11,16H2,1-3H3. The summed E-state index contributed by atoms with van der Waals surface area (Å²) >= 11 is 0. The molecule has 0 spiro atoms. The van der Waals surface area contributed by atoms with Crippen LogP contribution in [0.4, 0.5) is 5.69 Å². The van der Waals surface area contributed by atoms with Gasteiger partial charge in [-0.3, -0.25) is 0 Å². The van der Waals surface area contributed by atoms with Crippen LogP contribution in [-0.2, 0) is 0 Å². The van der Waals surface area contributed by atoms with E-state index in [4.69, 9.17) is 5.73 Å². The minimum absolute atomic E-state index is 0.467. The summed E-state index contributed by atoms with van der Waals surface area (Å²) in [4.78, 5) is 4.87. The fraction of sp³-hybridized carbons (Fsp3) is 0.600. The lowest BCUT2D eigenvalue weighted by atomic mass is 10.1. The molecule has 2 N–H and O–H groups in total. The molecule has 0 radical (unpaired) electrons. The van der Waals surface area contributed by atoms with Crippen molar-refractivity contribution in [3.05, 3.63) is 29.3 Å². The maximum absolute atomic E-state index is 5.89. The summed E-state index contributed by atoms with van der Waals surface area (Å²) in [5, 5.41) is 0. The van der Waals surface area contributed by atoms with E-state index in [1.54, 1.807) is 0 Å². The van der Waals surface area contributed by atoms with Gasteiger partial charge in [0.15, 0.2) is 0 Å². The predicted octanol–water partition coefficient (Wildman–Crippen LogP) is 1.77. The van der Waals surface area contributed by atoms with Crippen LogP contribution in [0.2, 0.25) is 0 Å². The van der Waals surface area contributed by atoms with Crippen molar-refractivity contribution in [2.45, 2.75) is 26.3 Å². The van der Waals surface area contributed by atoms with Gasteiger partial charge < -0.3 is 15.5 Å². The first-order valence-corrected chi connectivity index (χ1v) is 6.84. The molecule has 1 aliphatic heterocycles. The fourth-order valence-electron chi connectivity index (χ4n) is 2.59. The molecule has 1 atom stereocenters. The van der Waals surface area contributed by atoms with E-state index < -0.39 is 0 Å². The molecular formula is C15H25N3. The van der Waals surface area contributed by atoms with Gasteiger partial charge in [-0.05, 0) is 57.1 Å². The topological polar surface area (TPSA) is 32.5 Å². The predicted molar refractivity (Wildman–Crippen MR) is 78.2 cm³/mol. The highest BCUT2D eigenvalue weighted by atomic mass is 15.2. The van der Waals surface area contributed by atoms with Crippen molar-refractivity contribution in [2.24, 2.45) is 5.73 Å². The Balaban J connectivity index is 2.18. The lowest BCUT2D eigenvalue weighted by Crippen LogP contribution is -2.43. The summed E-state index contributed by atoms with van der Waals surface area (Å²) in [6.07, 6.45) is 1.21. The Morgan fingerprint density at radius 1 is 1.22 bits per heavy atom. The zero-order valence-corrected chi connectivity index (χ0v) is 11.8. The summed E-state index contributed by atoms with van der Waals surface area (Å²) in [6, 6.07) is 7.22. The minimum atomic E-state index is 0.467. The van der Waals surface area contributed by atoms with Crippen molar-refractivity contribution in [2.75, 3.05) is 38.1 Å². The van der Waals surface area contributed by atoms with Crippen LogP contribution in [0.1, 0.15) is 17.5 Å². The molecule has 100 valence electrons. The van der Waals surface area contributed by atoms with Crippen LogP contribution in [0, 0.1) is 13.8 Å². The Morgan fingerprint density at radius 3 is 2.67 bits per heavy atom. The number of anilines is 1. The van der Waals surface area contributed by atoms with E-state index in [1.165, 1.54) is 23.2 Å². The largest absolute Gasteiger partial charge is 0.370 e. The lowest BCUT2D eigenvalue weighted by Gasteiger charge is -2.29. The molecule has 1 aromatic rings. The molecule has 1 aromatic carbocycles. The first-order valence-electron chi connectivity index (χ1n) is 6.84. The van der Waals surface area contributed by atoms with Gasteiger partial charge in [-0.25, -0.2) is 0 Å². The first-order chi connectivity index (χ1) is 8.61. The maximum atomic E-state index is 5.89. The van der Waals surface area contributed by atoms with Crippen LogP contribution in [-0.4, -0.2) is 44.2 Å². The molecule has 1 fully saturated rings. The van der Waals surface area contributed by atoms with Crippen molar-refractivity contribution in [3.8, 4) is 0 Å². The third-order valence-electron chi connectivity index (χ3n) is 4.12. The third-order valence-corrected chi connectivity index (χ3v) is 4.12. The normalized spacial score (nSPS) is 22.0. The second-order valence-electron chi connectivity index (χ2n) is 5.44. The fourth-order valence-corrected chi connectivity index (χ4v) is 2.59. The van der Waals surface area contributed by atoms with Gasteiger partial charge in [0, 0.05) is 31.4 Å². The van der Waals surface area contributed by atoms with E-state index in [1.807, 2.05) is 0 Å². The second-order valence-corrected chi connectivity index (χ2v) is 5.44. The van der Waals surface area contributed by atoms with E-state index in [9.17, 15) is 0 Å². The van der Waals surface area contributed by atoms with Gasteiger partial charge in [-0.15, -0.1) is 0 Å². The molecule has 3 nitrogen and oxygen atoms in total. The zero-order chi connectivity index (χ0) is 13.1. The van der Waals surface area contributed by atoms with Crippen molar-refractivity contribution in [3.63, 3.8) is 0 Å². The number of rotatable bonds is 2. The quantitative estimate of drug-likeness (QED) is 0.864. The molecule has 1 aliphatic rings. The average Bonchev–Trinajstić information content (AvgIpc) is 2.54. The van der Waals surface area contributed by atoms with Gasteiger partial charge in [0.25, 0.3) is 0 Å². The molecule has 18 heavy (non-hydrogen) atoms. The molecule has 2 rings (SSSR count). The average molecular weight is 247 g/mol. The Morgan fingerprint density at radius 2 is 2.00 bits per heavy atom. The number of hydrogen-bond donors (Lipinski definition) is 1. The smallest absolute Gasteiger partial charge is 0.0390 e. The first kappa shape index (κ1) is 13.4. The van der Waals surface area contributed by atoms with Gasteiger partial charge in [0.2, 0.25) is 0 Å². The molecule has 1 saturated heterocycles. The second kappa shape index (κ2) is 5.72. The van der Waals surface area contributed by atoms with Crippen molar-refractivity contribution in [1.29, 1.82) is 0 Å². The molecule has 3 heteroatoms. The molecule has 1 unspecified atom stereocenters. The summed E-state index contributed by atoms with van der Waals surface area (Å²) in [7, 11) is 2.18. The van der Waals surface area contributed by atoms with E-state index in [0.717, 1.165) is 26.2 Å². The Bertz CT molecular complexity index is 403. The molecule has 0 saturated carbocycles. The van der Waals surface area contributed by atoms with Crippen molar-refractivity contribution >= 4 is 5.69 Å². The number of aryl methyl sites for hydroxylation is 2. The van der Waals surface area contributed by atoms with Crippen LogP contribution in [0.5, 0.6) is 0 Å². The highest BCUT2D eigenvalue weighted by Crippen LogP contribution is 2.21. The van der Waals surface area contributed by atoms with Gasteiger partial charge in [-0.2, -0.15) is 0 Å². The van der Waals surface area contributed by atoms with Crippen LogP contribution in [0.25, 0.3) is 0 Å². The Hall–Kier alpha value is -1.06. The number of nitrogens with zero attached hydrogens (tertiary/aromatic N) is 2. The summed E-state index contributed by atoms with van der Waals surface area (Å²) < 4.78 is 0. The summed E-state index contributed by atoms with van der Waals surface area (Å²) in [5.74, 6) is 0. The lowest BCUT2D eigenvalue weighted by molar-refractivity contribution is 0.266. The number of hydrogen-bond acceptors (Lipinski definition) is 3. The number of benzene rings is 1. The molecule has 0 aromatic heterocycles. The van der Waals surface area contributed by atoms with Crippen molar-refractivity contribution < 1.29 is 0 Å². The van der Waals surface area contributed by atoms with Gasteiger partial charge in [-0.1, -0.05) is 6.07 Å². The van der Waals surface area contributed by atoms with Crippen LogP contribution >= 0.6 is 0 Å². The van der Waals surface area contributed by atoms with E-state index in [-0.39, 0.29) is 0 Å². The SMILES string of the molecule is Cc1ccc(N2CCCN(C)C(CN)C2)cc1C. The molecule has 1 heterocycles. The summed E-state index contributed by atoms with van der Waals surface area (Å²) in [5.41, 5.74) is 9.96. The van der Waals surface area contributed by atoms with Gasteiger partial charge >= 0.3 is 0 Å². The monoisotopic (exact) mass is 247 g/mol. The third kappa shape index (κ3) is 2.85. The van der Waals surface area contributed by atoms with Gasteiger partial charge in [0.1, 0.15) is 0 Å². The van der Waals surface area contributed by atoms with Crippen LogP contribution in [0.3, 0.4) is 0 Å². The Kier molecular flexibility index (Phi) is 4.25. The molecule has 0 bridgehead atoms. The maximum Gasteiger partial charge on any atom is 0.0390 e. The van der Waals surface area contributed by atoms with Crippen LogP contribution in [0.15, 0.2) is 18.2 Å². The number of likely N-dealkylation sites (N-methyl/N-ethyl adjacent to an activating group) is 1.